The zero-order chi connectivity index (χ0) is 17.0. The molecule has 0 aliphatic carbocycles. The summed E-state index contributed by atoms with van der Waals surface area (Å²) in [7, 11) is 3.05. The van der Waals surface area contributed by atoms with Gasteiger partial charge in [-0.15, -0.1) is 0 Å². The highest BCUT2D eigenvalue weighted by Crippen LogP contribution is 2.37. The number of amides is 2. The predicted molar refractivity (Wildman–Crippen MR) is 83.2 cm³/mol. The molecule has 1 heterocycles. The first-order valence-electron chi connectivity index (χ1n) is 7.16. The molecule has 0 aromatic heterocycles. The van der Waals surface area contributed by atoms with Gasteiger partial charge in [-0.2, -0.15) is 0 Å². The largest absolute Gasteiger partial charge is 0.497 e. The van der Waals surface area contributed by atoms with Crippen LogP contribution < -0.4 is 20.1 Å². The van der Waals surface area contributed by atoms with Crippen LogP contribution in [0.1, 0.15) is 18.5 Å². The fourth-order valence-electron chi connectivity index (χ4n) is 2.53. The minimum atomic E-state index is -0.755. The Kier molecular flexibility index (Phi) is 5.10. The Labute approximate surface area is 134 Å². The molecule has 0 saturated carbocycles. The van der Waals surface area contributed by atoms with Crippen molar-refractivity contribution in [2.24, 2.45) is 5.92 Å². The Morgan fingerprint density at radius 1 is 1.30 bits per heavy atom. The lowest BCUT2D eigenvalue weighted by atomic mass is 9.88. The van der Waals surface area contributed by atoms with E-state index in [-0.39, 0.29) is 12.3 Å². The SMILES string of the molecule is C=C1NC(=O)NC(c2ccc(OC)cc2OC)C1C(=O)OCC. The van der Waals surface area contributed by atoms with Gasteiger partial charge < -0.3 is 24.8 Å². The van der Waals surface area contributed by atoms with Gasteiger partial charge in [0.2, 0.25) is 0 Å². The van der Waals surface area contributed by atoms with E-state index < -0.39 is 24.0 Å². The van der Waals surface area contributed by atoms with E-state index in [1.807, 2.05) is 0 Å². The lowest BCUT2D eigenvalue weighted by Crippen LogP contribution is -2.51. The van der Waals surface area contributed by atoms with Gasteiger partial charge in [-0.05, 0) is 19.1 Å². The molecule has 1 fully saturated rings. The van der Waals surface area contributed by atoms with Crippen molar-refractivity contribution in [3.05, 3.63) is 36.0 Å². The van der Waals surface area contributed by atoms with Crippen LogP contribution in [0.2, 0.25) is 0 Å². The van der Waals surface area contributed by atoms with Crippen molar-refractivity contribution in [1.82, 2.24) is 10.6 Å². The van der Waals surface area contributed by atoms with Crippen molar-refractivity contribution in [3.63, 3.8) is 0 Å². The van der Waals surface area contributed by atoms with Crippen LogP contribution in [-0.4, -0.2) is 32.8 Å². The fourth-order valence-corrected chi connectivity index (χ4v) is 2.53. The van der Waals surface area contributed by atoms with Crippen LogP contribution in [0, 0.1) is 5.92 Å². The molecule has 1 aromatic rings. The number of hydrogen-bond acceptors (Lipinski definition) is 5. The smallest absolute Gasteiger partial charge is 0.319 e. The van der Waals surface area contributed by atoms with Gasteiger partial charge in [0, 0.05) is 17.3 Å². The van der Waals surface area contributed by atoms with Crippen molar-refractivity contribution in [2.75, 3.05) is 20.8 Å². The quantitative estimate of drug-likeness (QED) is 0.807. The number of rotatable bonds is 5. The highest BCUT2D eigenvalue weighted by Gasteiger charge is 2.40. The van der Waals surface area contributed by atoms with Gasteiger partial charge in [-0.25, -0.2) is 4.79 Å². The molecule has 2 rings (SSSR count). The number of carbonyl (C=O) groups is 2. The Morgan fingerprint density at radius 3 is 2.65 bits per heavy atom. The Hall–Kier alpha value is -2.70. The summed E-state index contributed by atoms with van der Waals surface area (Å²) < 4.78 is 15.6. The molecule has 0 spiro atoms. The van der Waals surface area contributed by atoms with Gasteiger partial charge in [-0.3, -0.25) is 4.79 Å². The van der Waals surface area contributed by atoms with Gasteiger partial charge in [-0.1, -0.05) is 6.58 Å². The van der Waals surface area contributed by atoms with Crippen molar-refractivity contribution >= 4 is 12.0 Å². The van der Waals surface area contributed by atoms with Gasteiger partial charge in [0.25, 0.3) is 0 Å². The molecule has 2 atom stereocenters. The monoisotopic (exact) mass is 320 g/mol. The highest BCUT2D eigenvalue weighted by atomic mass is 16.5. The second kappa shape index (κ2) is 7.04. The summed E-state index contributed by atoms with van der Waals surface area (Å²) in [6, 6.07) is 4.09. The summed E-state index contributed by atoms with van der Waals surface area (Å²) in [5, 5.41) is 5.25. The Bertz CT molecular complexity index is 629. The van der Waals surface area contributed by atoms with E-state index in [9.17, 15) is 9.59 Å². The van der Waals surface area contributed by atoms with Gasteiger partial charge in [0.15, 0.2) is 0 Å². The molecule has 1 aromatic carbocycles. The molecular formula is C16H20N2O5. The van der Waals surface area contributed by atoms with Crippen LogP contribution in [0.3, 0.4) is 0 Å². The Balaban J connectivity index is 2.45. The standard InChI is InChI=1S/C16H20N2O5/c1-5-23-15(19)13-9(2)17-16(20)18-14(13)11-7-6-10(21-3)8-12(11)22-4/h6-8,13-14H,2,5H2,1,3-4H3,(H2,17,18,20). The van der Waals surface area contributed by atoms with Crippen molar-refractivity contribution < 1.29 is 23.8 Å². The maximum absolute atomic E-state index is 12.3. The third-order valence-corrected chi connectivity index (χ3v) is 3.59. The van der Waals surface area contributed by atoms with Crippen LogP contribution in [0.4, 0.5) is 4.79 Å². The van der Waals surface area contributed by atoms with E-state index in [1.54, 1.807) is 32.2 Å². The van der Waals surface area contributed by atoms with E-state index in [4.69, 9.17) is 14.2 Å². The third kappa shape index (κ3) is 3.39. The normalized spacial score (nSPS) is 20.3. The van der Waals surface area contributed by atoms with Crippen molar-refractivity contribution in [2.45, 2.75) is 13.0 Å². The minimum absolute atomic E-state index is 0.239. The molecule has 2 amide bonds. The number of esters is 1. The lowest BCUT2D eigenvalue weighted by molar-refractivity contribution is -0.147. The van der Waals surface area contributed by atoms with E-state index in [2.05, 4.69) is 17.2 Å². The predicted octanol–water partition coefficient (Wildman–Crippen LogP) is 1.75. The summed E-state index contributed by atoms with van der Waals surface area (Å²) in [5.41, 5.74) is 0.928. The molecule has 124 valence electrons. The maximum Gasteiger partial charge on any atom is 0.319 e. The Morgan fingerprint density at radius 2 is 2.04 bits per heavy atom. The minimum Gasteiger partial charge on any atom is -0.497 e. The molecule has 1 aliphatic heterocycles. The first-order valence-corrected chi connectivity index (χ1v) is 7.16. The van der Waals surface area contributed by atoms with Crippen LogP contribution in [0.25, 0.3) is 0 Å². The van der Waals surface area contributed by atoms with Crippen LogP contribution in [0.5, 0.6) is 11.5 Å². The lowest BCUT2D eigenvalue weighted by Gasteiger charge is -2.33. The maximum atomic E-state index is 12.3. The van der Waals surface area contributed by atoms with Crippen LogP contribution in [0.15, 0.2) is 30.5 Å². The van der Waals surface area contributed by atoms with Gasteiger partial charge >= 0.3 is 12.0 Å². The molecule has 2 N–H and O–H groups in total. The van der Waals surface area contributed by atoms with Gasteiger partial charge in [0.1, 0.15) is 17.4 Å². The highest BCUT2D eigenvalue weighted by molar-refractivity contribution is 5.85. The number of benzene rings is 1. The summed E-state index contributed by atoms with van der Waals surface area (Å²) in [6.45, 7) is 5.74. The van der Waals surface area contributed by atoms with Crippen molar-refractivity contribution in [1.29, 1.82) is 0 Å². The van der Waals surface area contributed by atoms with E-state index >= 15 is 0 Å². The molecule has 7 nitrogen and oxygen atoms in total. The molecular weight excluding hydrogens is 300 g/mol. The average Bonchev–Trinajstić information content (AvgIpc) is 2.53. The first kappa shape index (κ1) is 16.7. The van der Waals surface area contributed by atoms with E-state index in [0.29, 0.717) is 17.1 Å². The number of ether oxygens (including phenoxy) is 3. The van der Waals surface area contributed by atoms with Gasteiger partial charge in [0.05, 0.1) is 26.9 Å². The molecule has 1 saturated heterocycles. The van der Waals surface area contributed by atoms with E-state index in [1.165, 1.54) is 7.11 Å². The number of carbonyl (C=O) groups excluding carboxylic acids is 2. The molecule has 0 radical (unpaired) electrons. The number of urea groups is 1. The zero-order valence-electron chi connectivity index (χ0n) is 13.3. The first-order chi connectivity index (χ1) is 11.0. The van der Waals surface area contributed by atoms with Crippen molar-refractivity contribution in [3.8, 4) is 11.5 Å². The molecule has 2 unspecified atom stereocenters. The molecule has 23 heavy (non-hydrogen) atoms. The second-order valence-electron chi connectivity index (χ2n) is 4.94. The average molecular weight is 320 g/mol. The second-order valence-corrected chi connectivity index (χ2v) is 4.94. The fraction of sp³-hybridized carbons (Fsp3) is 0.375. The van der Waals surface area contributed by atoms with E-state index in [0.717, 1.165) is 0 Å². The summed E-state index contributed by atoms with van der Waals surface area (Å²) in [4.78, 5) is 24.1. The molecule has 0 bridgehead atoms. The molecule has 1 aliphatic rings. The third-order valence-electron chi connectivity index (χ3n) is 3.59. The summed E-state index contributed by atoms with van der Waals surface area (Å²) in [5.74, 6) is -0.112. The molecule has 7 heteroatoms. The zero-order valence-corrected chi connectivity index (χ0v) is 13.3. The summed E-state index contributed by atoms with van der Waals surface area (Å²) in [6.07, 6.45) is 0. The van der Waals surface area contributed by atoms with Crippen LogP contribution in [-0.2, 0) is 9.53 Å². The number of methoxy groups -OCH3 is 2. The number of nitrogens with one attached hydrogen (secondary N) is 2. The topological polar surface area (TPSA) is 85.9 Å². The van der Waals surface area contributed by atoms with Crippen LogP contribution >= 0.6 is 0 Å². The number of hydrogen-bond donors (Lipinski definition) is 2. The summed E-state index contributed by atoms with van der Waals surface area (Å²) >= 11 is 0.